The molecule has 1 rings (SSSR count). The Hall–Kier alpha value is -1.18. The van der Waals surface area contributed by atoms with Gasteiger partial charge in [0.05, 0.1) is 6.61 Å². The van der Waals surface area contributed by atoms with E-state index in [0.29, 0.717) is 13.2 Å². The molecule has 1 saturated heterocycles. The Kier molecular flexibility index (Phi) is 7.07. The maximum Gasteiger partial charge on any atom is 0.302 e. The molecule has 0 aromatic heterocycles. The van der Waals surface area contributed by atoms with E-state index < -0.39 is 12.4 Å². The summed E-state index contributed by atoms with van der Waals surface area (Å²) >= 11 is 0. The number of ether oxygens (including phenoxy) is 4. The summed E-state index contributed by atoms with van der Waals surface area (Å²) in [7, 11) is 0. The molecule has 21 heavy (non-hydrogen) atoms. The monoisotopic (exact) mass is 303 g/mol. The lowest BCUT2D eigenvalue weighted by atomic mass is 9.86. The van der Waals surface area contributed by atoms with E-state index in [0.717, 1.165) is 0 Å². The SMILES string of the molecule is CC(=O)OCC1OC(OCCN)C(C)C(OC(C)=O)C1C. The van der Waals surface area contributed by atoms with Crippen molar-refractivity contribution in [1.29, 1.82) is 0 Å². The normalized spacial score (nSPS) is 32.5. The maximum atomic E-state index is 11.3. The van der Waals surface area contributed by atoms with Crippen LogP contribution in [-0.2, 0) is 28.5 Å². The molecule has 0 aliphatic carbocycles. The first-order chi connectivity index (χ1) is 9.86. The minimum Gasteiger partial charge on any atom is -0.463 e. The van der Waals surface area contributed by atoms with E-state index in [1.54, 1.807) is 0 Å². The molecule has 1 aliphatic rings. The highest BCUT2D eigenvalue weighted by atomic mass is 16.7. The van der Waals surface area contributed by atoms with Crippen molar-refractivity contribution in [3.8, 4) is 0 Å². The van der Waals surface area contributed by atoms with Gasteiger partial charge < -0.3 is 24.7 Å². The van der Waals surface area contributed by atoms with E-state index in [1.165, 1.54) is 13.8 Å². The van der Waals surface area contributed by atoms with Gasteiger partial charge in [0.15, 0.2) is 6.29 Å². The number of esters is 2. The molecule has 1 fully saturated rings. The molecular formula is C14H25NO6. The van der Waals surface area contributed by atoms with Crippen LogP contribution in [0.4, 0.5) is 0 Å². The van der Waals surface area contributed by atoms with Gasteiger partial charge in [-0.1, -0.05) is 13.8 Å². The number of hydrogen-bond donors (Lipinski definition) is 1. The smallest absolute Gasteiger partial charge is 0.302 e. The summed E-state index contributed by atoms with van der Waals surface area (Å²) in [6, 6.07) is 0. The summed E-state index contributed by atoms with van der Waals surface area (Å²) in [5.74, 6) is -0.984. The van der Waals surface area contributed by atoms with E-state index in [1.807, 2.05) is 13.8 Å². The highest BCUT2D eigenvalue weighted by Crippen LogP contribution is 2.33. The summed E-state index contributed by atoms with van der Waals surface area (Å²) in [6.45, 7) is 7.31. The molecule has 5 unspecified atom stereocenters. The van der Waals surface area contributed by atoms with Crippen LogP contribution >= 0.6 is 0 Å². The van der Waals surface area contributed by atoms with E-state index in [9.17, 15) is 9.59 Å². The first-order valence-electron chi connectivity index (χ1n) is 7.14. The Morgan fingerprint density at radius 2 is 1.81 bits per heavy atom. The van der Waals surface area contributed by atoms with Gasteiger partial charge in [-0.2, -0.15) is 0 Å². The van der Waals surface area contributed by atoms with Crippen LogP contribution in [0.15, 0.2) is 0 Å². The molecule has 1 aliphatic heterocycles. The van der Waals surface area contributed by atoms with E-state index in [2.05, 4.69) is 0 Å². The molecule has 2 N–H and O–H groups in total. The van der Waals surface area contributed by atoms with Crippen molar-refractivity contribution in [2.75, 3.05) is 19.8 Å². The maximum absolute atomic E-state index is 11.3. The molecule has 0 aromatic rings. The van der Waals surface area contributed by atoms with Crippen LogP contribution in [0.3, 0.4) is 0 Å². The van der Waals surface area contributed by atoms with Gasteiger partial charge in [-0.15, -0.1) is 0 Å². The molecule has 0 radical (unpaired) electrons. The fourth-order valence-corrected chi connectivity index (χ4v) is 2.44. The Morgan fingerprint density at radius 3 is 2.33 bits per heavy atom. The van der Waals surface area contributed by atoms with E-state index in [-0.39, 0.29) is 36.5 Å². The Labute approximate surface area is 125 Å². The van der Waals surface area contributed by atoms with Crippen molar-refractivity contribution in [3.63, 3.8) is 0 Å². The van der Waals surface area contributed by atoms with Crippen molar-refractivity contribution < 1.29 is 28.5 Å². The topological polar surface area (TPSA) is 97.1 Å². The van der Waals surface area contributed by atoms with Crippen LogP contribution in [0, 0.1) is 11.8 Å². The largest absolute Gasteiger partial charge is 0.463 e. The Morgan fingerprint density at radius 1 is 1.14 bits per heavy atom. The van der Waals surface area contributed by atoms with Crippen molar-refractivity contribution in [2.45, 2.75) is 46.2 Å². The van der Waals surface area contributed by atoms with E-state index >= 15 is 0 Å². The average molecular weight is 303 g/mol. The molecule has 7 nitrogen and oxygen atoms in total. The third kappa shape index (κ3) is 5.26. The summed E-state index contributed by atoms with van der Waals surface area (Å²) in [5.41, 5.74) is 5.43. The highest BCUT2D eigenvalue weighted by Gasteiger charge is 2.44. The number of nitrogens with two attached hydrogens (primary N) is 1. The quantitative estimate of drug-likeness (QED) is 0.712. The van der Waals surface area contributed by atoms with Crippen LogP contribution in [0.1, 0.15) is 27.7 Å². The Balaban J connectivity index is 2.78. The van der Waals surface area contributed by atoms with Gasteiger partial charge in [0, 0.05) is 32.2 Å². The zero-order valence-corrected chi connectivity index (χ0v) is 13.0. The van der Waals surface area contributed by atoms with Crippen LogP contribution in [0.25, 0.3) is 0 Å². The first-order valence-corrected chi connectivity index (χ1v) is 7.14. The fourth-order valence-electron chi connectivity index (χ4n) is 2.44. The van der Waals surface area contributed by atoms with Gasteiger partial charge in [0.2, 0.25) is 0 Å². The predicted molar refractivity (Wildman–Crippen MR) is 74.2 cm³/mol. The van der Waals surface area contributed by atoms with Gasteiger partial charge in [0.25, 0.3) is 0 Å². The molecule has 5 atom stereocenters. The zero-order chi connectivity index (χ0) is 16.0. The lowest BCUT2D eigenvalue weighted by Gasteiger charge is -2.43. The predicted octanol–water partition coefficient (Wildman–Crippen LogP) is 0.454. The van der Waals surface area contributed by atoms with Crippen LogP contribution in [0.5, 0.6) is 0 Å². The van der Waals surface area contributed by atoms with E-state index in [4.69, 9.17) is 24.7 Å². The van der Waals surface area contributed by atoms with Gasteiger partial charge in [0.1, 0.15) is 18.8 Å². The second kappa shape index (κ2) is 8.31. The number of carbonyl (C=O) groups excluding carboxylic acids is 2. The van der Waals surface area contributed by atoms with Crippen LogP contribution in [0.2, 0.25) is 0 Å². The van der Waals surface area contributed by atoms with Crippen molar-refractivity contribution >= 4 is 11.9 Å². The first kappa shape index (κ1) is 17.9. The second-order valence-corrected chi connectivity index (χ2v) is 5.30. The number of carbonyl (C=O) groups is 2. The molecule has 0 saturated carbocycles. The number of hydrogen-bond acceptors (Lipinski definition) is 7. The molecule has 1 heterocycles. The number of rotatable bonds is 6. The lowest BCUT2D eigenvalue weighted by Crippen LogP contribution is -2.53. The summed E-state index contributed by atoms with van der Waals surface area (Å²) in [4.78, 5) is 22.2. The van der Waals surface area contributed by atoms with Gasteiger partial charge >= 0.3 is 11.9 Å². The third-order valence-corrected chi connectivity index (χ3v) is 3.51. The van der Waals surface area contributed by atoms with Crippen LogP contribution in [-0.4, -0.2) is 50.2 Å². The molecule has 122 valence electrons. The third-order valence-electron chi connectivity index (χ3n) is 3.51. The summed E-state index contributed by atoms with van der Waals surface area (Å²) < 4.78 is 21.8. The molecule has 0 aromatic carbocycles. The minimum absolute atomic E-state index is 0.101. The highest BCUT2D eigenvalue weighted by molar-refractivity contribution is 5.66. The van der Waals surface area contributed by atoms with Crippen LogP contribution < -0.4 is 5.73 Å². The van der Waals surface area contributed by atoms with Crippen molar-refractivity contribution in [3.05, 3.63) is 0 Å². The second-order valence-electron chi connectivity index (χ2n) is 5.30. The fraction of sp³-hybridized carbons (Fsp3) is 0.857. The van der Waals surface area contributed by atoms with Gasteiger partial charge in [-0.05, 0) is 0 Å². The van der Waals surface area contributed by atoms with Gasteiger partial charge in [-0.3, -0.25) is 9.59 Å². The minimum atomic E-state index is -0.547. The molecule has 0 amide bonds. The standard InChI is InChI=1S/C14H25NO6/c1-8-12(7-19-10(3)16)21-14(18-6-5-15)9(2)13(8)20-11(4)17/h8-9,12-14H,5-7,15H2,1-4H3. The summed E-state index contributed by atoms with van der Waals surface area (Å²) in [6.07, 6.45) is -1.30. The lowest BCUT2D eigenvalue weighted by molar-refractivity contribution is -0.270. The summed E-state index contributed by atoms with van der Waals surface area (Å²) in [5, 5.41) is 0. The average Bonchev–Trinajstić information content (AvgIpc) is 2.41. The Bertz CT molecular complexity index is 361. The van der Waals surface area contributed by atoms with Crippen molar-refractivity contribution in [2.24, 2.45) is 17.6 Å². The molecule has 0 spiro atoms. The molecule has 0 bridgehead atoms. The zero-order valence-electron chi connectivity index (χ0n) is 13.0. The molecule has 7 heteroatoms. The molecular weight excluding hydrogens is 278 g/mol. The van der Waals surface area contributed by atoms with Gasteiger partial charge in [-0.25, -0.2) is 0 Å². The van der Waals surface area contributed by atoms with Crippen molar-refractivity contribution in [1.82, 2.24) is 0 Å².